The van der Waals surface area contributed by atoms with Gasteiger partial charge in [0.05, 0.1) is 6.04 Å². The van der Waals surface area contributed by atoms with Crippen LogP contribution in [-0.4, -0.2) is 31.1 Å². The number of hydrogen-bond donors (Lipinski definition) is 2. The molecule has 1 saturated heterocycles. The van der Waals surface area contributed by atoms with Gasteiger partial charge in [-0.2, -0.15) is 0 Å². The summed E-state index contributed by atoms with van der Waals surface area (Å²) in [6.07, 6.45) is 1.94. The summed E-state index contributed by atoms with van der Waals surface area (Å²) in [6, 6.07) is 4.41. The second-order valence-electron chi connectivity index (χ2n) is 7.57. The Morgan fingerprint density at radius 3 is 2.74 bits per heavy atom. The molecule has 4 nitrogen and oxygen atoms in total. The summed E-state index contributed by atoms with van der Waals surface area (Å²) in [5.74, 6) is -0.315. The Labute approximate surface area is 138 Å². The highest BCUT2D eigenvalue weighted by Gasteiger charge is 2.30. The van der Waals surface area contributed by atoms with E-state index in [2.05, 4.69) is 10.2 Å². The van der Waals surface area contributed by atoms with Gasteiger partial charge in [-0.3, -0.25) is 4.79 Å². The van der Waals surface area contributed by atoms with Crippen LogP contribution in [0.1, 0.15) is 39.2 Å². The molecule has 1 aliphatic heterocycles. The molecule has 2 atom stereocenters. The Bertz CT molecular complexity index is 568. The van der Waals surface area contributed by atoms with Crippen molar-refractivity contribution < 1.29 is 9.18 Å². The first-order valence-corrected chi connectivity index (χ1v) is 8.25. The van der Waals surface area contributed by atoms with Gasteiger partial charge in [-0.05, 0) is 48.9 Å². The van der Waals surface area contributed by atoms with Crippen molar-refractivity contribution in [2.45, 2.75) is 52.6 Å². The number of halogens is 1. The minimum Gasteiger partial charge on any atom is -0.369 e. The molecule has 3 N–H and O–H groups in total. The van der Waals surface area contributed by atoms with Crippen LogP contribution in [0.4, 0.5) is 10.1 Å². The quantitative estimate of drug-likeness (QED) is 0.899. The van der Waals surface area contributed by atoms with Crippen molar-refractivity contribution in [3.05, 3.63) is 29.6 Å². The summed E-state index contributed by atoms with van der Waals surface area (Å²) in [7, 11) is 0. The molecule has 1 aromatic carbocycles. The number of nitrogens with zero attached hydrogens (tertiary/aromatic N) is 1. The van der Waals surface area contributed by atoms with E-state index in [9.17, 15) is 9.18 Å². The van der Waals surface area contributed by atoms with Crippen LogP contribution in [0, 0.1) is 18.2 Å². The normalized spacial score (nSPS) is 20.3. The van der Waals surface area contributed by atoms with Crippen LogP contribution in [-0.2, 0) is 4.79 Å². The zero-order chi connectivity index (χ0) is 17.2. The maximum absolute atomic E-state index is 13.3. The molecule has 128 valence electrons. The Morgan fingerprint density at radius 1 is 1.43 bits per heavy atom. The highest BCUT2D eigenvalue weighted by Crippen LogP contribution is 2.25. The number of rotatable bonds is 3. The van der Waals surface area contributed by atoms with Crippen LogP contribution < -0.4 is 16.0 Å². The van der Waals surface area contributed by atoms with E-state index >= 15 is 0 Å². The number of nitrogens with one attached hydrogen (secondary N) is 1. The van der Waals surface area contributed by atoms with Gasteiger partial charge < -0.3 is 16.0 Å². The first-order chi connectivity index (χ1) is 10.7. The molecule has 0 aromatic heterocycles. The zero-order valence-electron chi connectivity index (χ0n) is 14.5. The summed E-state index contributed by atoms with van der Waals surface area (Å²) >= 11 is 0. The van der Waals surface area contributed by atoms with E-state index in [1.54, 1.807) is 6.07 Å². The van der Waals surface area contributed by atoms with E-state index in [0.717, 1.165) is 37.2 Å². The molecule has 5 heteroatoms. The minimum absolute atomic E-state index is 0.0779. The number of aryl methyl sites for hydroxylation is 1. The number of carbonyl (C=O) groups is 1. The lowest BCUT2D eigenvalue weighted by atomic mass is 9.86. The highest BCUT2D eigenvalue weighted by atomic mass is 19.1. The SMILES string of the molecule is Cc1cc(F)ccc1N1CCCC(NC(=O)[C@@H](N)C(C)(C)C)C1. The lowest BCUT2D eigenvalue weighted by Gasteiger charge is -2.37. The van der Waals surface area contributed by atoms with Crippen molar-refractivity contribution in [1.29, 1.82) is 0 Å². The first-order valence-electron chi connectivity index (χ1n) is 8.25. The second-order valence-corrected chi connectivity index (χ2v) is 7.57. The number of piperidine rings is 1. The molecule has 0 bridgehead atoms. The fourth-order valence-electron chi connectivity index (χ4n) is 2.97. The number of hydrogen-bond acceptors (Lipinski definition) is 3. The number of amides is 1. The van der Waals surface area contributed by atoms with Crippen LogP contribution >= 0.6 is 0 Å². The topological polar surface area (TPSA) is 58.4 Å². The van der Waals surface area contributed by atoms with Gasteiger partial charge in [0.15, 0.2) is 0 Å². The maximum Gasteiger partial charge on any atom is 0.237 e. The van der Waals surface area contributed by atoms with Gasteiger partial charge in [0.2, 0.25) is 5.91 Å². The third-order valence-electron chi connectivity index (χ3n) is 4.48. The van der Waals surface area contributed by atoms with Gasteiger partial charge in [-0.1, -0.05) is 20.8 Å². The third kappa shape index (κ3) is 4.44. The molecule has 1 aliphatic rings. The van der Waals surface area contributed by atoms with E-state index in [1.807, 2.05) is 33.8 Å². The Balaban J connectivity index is 2.02. The van der Waals surface area contributed by atoms with Crippen LogP contribution in [0.5, 0.6) is 0 Å². The molecule has 2 rings (SSSR count). The van der Waals surface area contributed by atoms with Crippen molar-refractivity contribution >= 4 is 11.6 Å². The smallest absolute Gasteiger partial charge is 0.237 e. The van der Waals surface area contributed by atoms with Crippen molar-refractivity contribution in [2.75, 3.05) is 18.0 Å². The van der Waals surface area contributed by atoms with E-state index in [4.69, 9.17) is 5.73 Å². The van der Waals surface area contributed by atoms with Gasteiger partial charge in [-0.15, -0.1) is 0 Å². The number of benzene rings is 1. The zero-order valence-corrected chi connectivity index (χ0v) is 14.5. The summed E-state index contributed by atoms with van der Waals surface area (Å²) in [6.45, 7) is 9.46. The molecule has 0 spiro atoms. The summed E-state index contributed by atoms with van der Waals surface area (Å²) in [5.41, 5.74) is 7.73. The first kappa shape index (κ1) is 17.7. The maximum atomic E-state index is 13.3. The molecular weight excluding hydrogens is 293 g/mol. The summed E-state index contributed by atoms with van der Waals surface area (Å²) in [5, 5.41) is 3.08. The standard InChI is InChI=1S/C18H28FN3O/c1-12-10-13(19)7-8-15(12)22-9-5-6-14(11-22)21-17(23)16(20)18(2,3)4/h7-8,10,14,16H,5-6,9,11,20H2,1-4H3,(H,21,23)/t14?,16-/m1/s1. The van der Waals surface area contributed by atoms with Crippen LogP contribution in [0.3, 0.4) is 0 Å². The van der Waals surface area contributed by atoms with Crippen molar-refractivity contribution in [3.8, 4) is 0 Å². The predicted molar refractivity (Wildman–Crippen MR) is 91.9 cm³/mol. The van der Waals surface area contributed by atoms with Gasteiger partial charge >= 0.3 is 0 Å². The Morgan fingerprint density at radius 2 is 2.13 bits per heavy atom. The van der Waals surface area contributed by atoms with Crippen molar-refractivity contribution in [1.82, 2.24) is 5.32 Å². The molecule has 1 aromatic rings. The van der Waals surface area contributed by atoms with Gasteiger partial charge in [-0.25, -0.2) is 4.39 Å². The van der Waals surface area contributed by atoms with Crippen molar-refractivity contribution in [2.24, 2.45) is 11.1 Å². The monoisotopic (exact) mass is 321 g/mol. The molecule has 0 radical (unpaired) electrons. The van der Waals surface area contributed by atoms with E-state index in [1.165, 1.54) is 6.07 Å². The number of carbonyl (C=O) groups excluding carboxylic acids is 1. The average Bonchev–Trinajstić information content (AvgIpc) is 2.45. The highest BCUT2D eigenvalue weighted by molar-refractivity contribution is 5.82. The van der Waals surface area contributed by atoms with Gasteiger partial charge in [0, 0.05) is 24.8 Å². The van der Waals surface area contributed by atoms with Crippen LogP contribution in [0.25, 0.3) is 0 Å². The molecule has 0 aliphatic carbocycles. The molecule has 1 heterocycles. The molecule has 0 saturated carbocycles. The minimum atomic E-state index is -0.523. The van der Waals surface area contributed by atoms with Crippen LogP contribution in [0.2, 0.25) is 0 Å². The van der Waals surface area contributed by atoms with Gasteiger partial charge in [0.25, 0.3) is 0 Å². The molecule has 1 fully saturated rings. The van der Waals surface area contributed by atoms with E-state index in [0.29, 0.717) is 0 Å². The van der Waals surface area contributed by atoms with Gasteiger partial charge in [0.1, 0.15) is 5.82 Å². The molecule has 1 unspecified atom stereocenters. The Hall–Kier alpha value is -1.62. The fourth-order valence-corrected chi connectivity index (χ4v) is 2.97. The Kier molecular flexibility index (Phi) is 5.30. The molecule has 23 heavy (non-hydrogen) atoms. The summed E-state index contributed by atoms with van der Waals surface area (Å²) in [4.78, 5) is 14.5. The van der Waals surface area contributed by atoms with Crippen LogP contribution in [0.15, 0.2) is 18.2 Å². The largest absolute Gasteiger partial charge is 0.369 e. The van der Waals surface area contributed by atoms with E-state index in [-0.39, 0.29) is 23.2 Å². The average molecular weight is 321 g/mol. The summed E-state index contributed by atoms with van der Waals surface area (Å²) < 4.78 is 13.3. The van der Waals surface area contributed by atoms with Crippen molar-refractivity contribution in [3.63, 3.8) is 0 Å². The van der Waals surface area contributed by atoms with E-state index < -0.39 is 6.04 Å². The molecule has 1 amide bonds. The predicted octanol–water partition coefficient (Wildman–Crippen LogP) is 2.59. The lowest BCUT2D eigenvalue weighted by Crippen LogP contribution is -2.55. The molecular formula is C18H28FN3O. The lowest BCUT2D eigenvalue weighted by molar-refractivity contribution is -0.125. The number of anilines is 1. The fraction of sp³-hybridized carbons (Fsp3) is 0.611. The number of nitrogens with two attached hydrogens (primary N) is 1. The third-order valence-corrected chi connectivity index (χ3v) is 4.48. The second kappa shape index (κ2) is 6.87.